The second-order valence-electron chi connectivity index (χ2n) is 2.44. The van der Waals surface area contributed by atoms with Crippen LogP contribution < -0.4 is 0 Å². The van der Waals surface area contributed by atoms with E-state index >= 15 is 0 Å². The summed E-state index contributed by atoms with van der Waals surface area (Å²) in [5, 5.41) is 0.422. The first kappa shape index (κ1) is 12.5. The largest absolute Gasteiger partial charge is 0.224 e. The van der Waals surface area contributed by atoms with Crippen molar-refractivity contribution < 1.29 is 8.42 Å². The monoisotopic (exact) mass is 220 g/mol. The van der Waals surface area contributed by atoms with Gasteiger partial charge in [0.05, 0.1) is 5.75 Å². The molecule has 0 heterocycles. The summed E-state index contributed by atoms with van der Waals surface area (Å²) in [6, 6.07) is 0. The van der Waals surface area contributed by atoms with Gasteiger partial charge in [0, 0.05) is 9.94 Å². The molecule has 0 bridgehead atoms. The van der Waals surface area contributed by atoms with E-state index in [1.807, 2.05) is 0 Å². The molecule has 0 radical (unpaired) electrons. The fraction of sp³-hybridized carbons (Fsp3) is 0.333. The minimum absolute atomic E-state index is 0.106. The van der Waals surface area contributed by atoms with Crippen LogP contribution in [0.1, 0.15) is 13.8 Å². The summed E-state index contributed by atoms with van der Waals surface area (Å²) in [6.45, 7) is 6.59. The van der Waals surface area contributed by atoms with Crippen molar-refractivity contribution in [3.8, 4) is 0 Å². The van der Waals surface area contributed by atoms with Gasteiger partial charge in [0.15, 0.2) is 9.84 Å². The molecule has 0 saturated carbocycles. The van der Waals surface area contributed by atoms with Gasteiger partial charge in [-0.05, 0) is 19.1 Å². The van der Waals surface area contributed by atoms with Gasteiger partial charge in [0.25, 0.3) is 0 Å². The molecule has 0 aliphatic carbocycles. The van der Waals surface area contributed by atoms with Crippen LogP contribution in [0.25, 0.3) is 0 Å². The van der Waals surface area contributed by atoms with Crippen LogP contribution in [0.4, 0.5) is 0 Å². The Hall–Kier alpha value is -0.540. The van der Waals surface area contributed by atoms with Gasteiger partial charge in [-0.1, -0.05) is 31.2 Å². The second-order valence-corrected chi connectivity index (χ2v) is 5.32. The summed E-state index contributed by atoms with van der Waals surface area (Å²) in [5.41, 5.74) is 0. The molecule has 0 aliphatic rings. The molecule has 0 amide bonds. The molecule has 2 nitrogen and oxygen atoms in total. The van der Waals surface area contributed by atoms with Gasteiger partial charge in [-0.15, -0.1) is 0 Å². The zero-order chi connectivity index (χ0) is 10.5. The van der Waals surface area contributed by atoms with Crippen LogP contribution in [-0.2, 0) is 9.84 Å². The maximum Gasteiger partial charge on any atom is 0.174 e. The topological polar surface area (TPSA) is 34.1 Å². The maximum atomic E-state index is 11.2. The average Bonchev–Trinajstić information content (AvgIpc) is 2.13. The molecule has 0 aromatic rings. The standard InChI is InChI=1S/C9H13ClO2S/c1-4-9(10)7-6-8(3)13(11,12)5-2/h4,6-7H,1,5H2,2-3H3/b8-6+,9-7+. The average molecular weight is 221 g/mol. The molecule has 13 heavy (non-hydrogen) atoms. The molecule has 0 saturated heterocycles. The lowest BCUT2D eigenvalue weighted by atomic mass is 10.4. The van der Waals surface area contributed by atoms with Gasteiger partial charge in [-0.2, -0.15) is 0 Å². The van der Waals surface area contributed by atoms with E-state index in [2.05, 4.69) is 6.58 Å². The van der Waals surface area contributed by atoms with Crippen molar-refractivity contribution >= 4 is 21.4 Å². The highest BCUT2D eigenvalue weighted by Gasteiger charge is 2.08. The molecule has 0 aromatic carbocycles. The molecule has 4 heteroatoms. The Morgan fingerprint density at radius 1 is 1.46 bits per heavy atom. The predicted octanol–water partition coefficient (Wildman–Crippen LogP) is 2.63. The van der Waals surface area contributed by atoms with Crippen LogP contribution in [0.3, 0.4) is 0 Å². The number of halogens is 1. The quantitative estimate of drug-likeness (QED) is 0.683. The predicted molar refractivity (Wildman–Crippen MR) is 57.4 cm³/mol. The van der Waals surface area contributed by atoms with E-state index in [4.69, 9.17) is 11.6 Å². The van der Waals surface area contributed by atoms with E-state index in [-0.39, 0.29) is 5.75 Å². The van der Waals surface area contributed by atoms with E-state index in [9.17, 15) is 8.42 Å². The Labute approximate surface area is 84.5 Å². The Morgan fingerprint density at radius 3 is 2.38 bits per heavy atom. The van der Waals surface area contributed by atoms with Crippen molar-refractivity contribution in [3.05, 3.63) is 34.7 Å². The van der Waals surface area contributed by atoms with Gasteiger partial charge in [0.2, 0.25) is 0 Å². The van der Waals surface area contributed by atoms with Crippen LogP contribution >= 0.6 is 11.6 Å². The molecular formula is C9H13ClO2S. The first-order chi connectivity index (χ1) is 5.94. The fourth-order valence-corrected chi connectivity index (χ4v) is 1.39. The Balaban J connectivity index is 4.81. The lowest BCUT2D eigenvalue weighted by Gasteiger charge is -1.98. The van der Waals surface area contributed by atoms with Crippen molar-refractivity contribution in [2.24, 2.45) is 0 Å². The summed E-state index contributed by atoms with van der Waals surface area (Å²) in [7, 11) is -3.08. The number of allylic oxidation sites excluding steroid dienone is 5. The molecule has 0 fully saturated rings. The van der Waals surface area contributed by atoms with E-state index in [1.54, 1.807) is 13.8 Å². The highest BCUT2D eigenvalue weighted by atomic mass is 35.5. The highest BCUT2D eigenvalue weighted by Crippen LogP contribution is 2.09. The molecule has 74 valence electrons. The normalized spacial score (nSPS) is 14.4. The summed E-state index contributed by atoms with van der Waals surface area (Å²) >= 11 is 5.61. The molecule has 0 atom stereocenters. The molecule has 0 unspecified atom stereocenters. The van der Waals surface area contributed by atoms with E-state index in [0.717, 1.165) is 0 Å². The van der Waals surface area contributed by atoms with Crippen LogP contribution in [0.15, 0.2) is 34.7 Å². The second kappa shape index (κ2) is 5.25. The van der Waals surface area contributed by atoms with Gasteiger partial charge in [-0.25, -0.2) is 8.42 Å². The number of sulfone groups is 1. The zero-order valence-electron chi connectivity index (χ0n) is 7.75. The third kappa shape index (κ3) is 4.29. The third-order valence-corrected chi connectivity index (χ3v) is 3.70. The minimum atomic E-state index is -3.08. The smallest absolute Gasteiger partial charge is 0.174 e. The summed E-state index contributed by atoms with van der Waals surface area (Å²) in [4.78, 5) is 0.315. The summed E-state index contributed by atoms with van der Waals surface area (Å²) in [5.74, 6) is 0.106. The van der Waals surface area contributed by atoms with Crippen LogP contribution in [0.5, 0.6) is 0 Å². The number of hydrogen-bond acceptors (Lipinski definition) is 2. The third-order valence-electron chi connectivity index (χ3n) is 1.54. The molecular weight excluding hydrogens is 208 g/mol. The van der Waals surface area contributed by atoms with Crippen molar-refractivity contribution in [2.75, 3.05) is 5.75 Å². The van der Waals surface area contributed by atoms with E-state index in [0.29, 0.717) is 9.94 Å². The van der Waals surface area contributed by atoms with Crippen LogP contribution in [-0.4, -0.2) is 14.2 Å². The minimum Gasteiger partial charge on any atom is -0.224 e. The Kier molecular flexibility index (Phi) is 5.03. The van der Waals surface area contributed by atoms with Crippen LogP contribution in [0, 0.1) is 0 Å². The SMILES string of the molecule is C=C/C(Cl)=C\C=C(/C)S(=O)(=O)CC. The summed E-state index contributed by atoms with van der Waals surface area (Å²) < 4.78 is 22.5. The molecule has 0 rings (SSSR count). The maximum absolute atomic E-state index is 11.2. The number of hydrogen-bond donors (Lipinski definition) is 0. The van der Waals surface area contributed by atoms with Crippen molar-refractivity contribution in [1.82, 2.24) is 0 Å². The molecule has 0 aliphatic heterocycles. The lowest BCUT2D eigenvalue weighted by molar-refractivity contribution is 0.603. The van der Waals surface area contributed by atoms with E-state index < -0.39 is 9.84 Å². The van der Waals surface area contributed by atoms with Gasteiger partial charge in [-0.3, -0.25) is 0 Å². The molecule has 0 spiro atoms. The van der Waals surface area contributed by atoms with Crippen LogP contribution in [0.2, 0.25) is 0 Å². The number of rotatable bonds is 4. The lowest BCUT2D eigenvalue weighted by Crippen LogP contribution is -2.03. The first-order valence-electron chi connectivity index (χ1n) is 3.83. The van der Waals surface area contributed by atoms with Gasteiger partial charge in [0.1, 0.15) is 0 Å². The zero-order valence-corrected chi connectivity index (χ0v) is 9.32. The van der Waals surface area contributed by atoms with Crippen molar-refractivity contribution in [2.45, 2.75) is 13.8 Å². The fourth-order valence-electron chi connectivity index (χ4n) is 0.596. The van der Waals surface area contributed by atoms with E-state index in [1.165, 1.54) is 18.2 Å². The van der Waals surface area contributed by atoms with Gasteiger partial charge >= 0.3 is 0 Å². The first-order valence-corrected chi connectivity index (χ1v) is 5.86. The molecule has 0 aromatic heterocycles. The Morgan fingerprint density at radius 2 is 2.00 bits per heavy atom. The Bertz CT molecular complexity index is 337. The summed E-state index contributed by atoms with van der Waals surface area (Å²) in [6.07, 6.45) is 4.43. The molecule has 0 N–H and O–H groups in total. The van der Waals surface area contributed by atoms with Gasteiger partial charge < -0.3 is 0 Å². The van der Waals surface area contributed by atoms with Crippen molar-refractivity contribution in [3.63, 3.8) is 0 Å². The van der Waals surface area contributed by atoms with Crippen molar-refractivity contribution in [1.29, 1.82) is 0 Å². The highest BCUT2D eigenvalue weighted by molar-refractivity contribution is 7.95.